The zero-order valence-corrected chi connectivity index (χ0v) is 33.9. The molecule has 0 amide bonds. The van der Waals surface area contributed by atoms with Gasteiger partial charge in [-0.15, -0.1) is 0 Å². The quantitative estimate of drug-likeness (QED) is 0.138. The summed E-state index contributed by atoms with van der Waals surface area (Å²) in [5.41, 5.74) is 0. The third kappa shape index (κ3) is 8.04. The molecule has 5 rings (SSSR count). The van der Waals surface area contributed by atoms with Crippen LogP contribution in [0.4, 0.5) is 0 Å². The first-order chi connectivity index (χ1) is 23.0. The Hall–Kier alpha value is -3.06. The van der Waals surface area contributed by atoms with Crippen molar-refractivity contribution >= 4 is 68.7 Å². The van der Waals surface area contributed by atoms with E-state index in [2.05, 4.69) is 123 Å². The molecule has 0 N–H and O–H groups in total. The van der Waals surface area contributed by atoms with Crippen molar-refractivity contribution < 1.29 is 25.3 Å². The average molecular weight is 727 g/mol. The highest BCUT2D eigenvalue weighted by molar-refractivity contribution is 7.05. The molecule has 48 heavy (non-hydrogen) atoms. The van der Waals surface area contributed by atoms with Crippen LogP contribution in [0.1, 0.15) is 0 Å². The van der Waals surface area contributed by atoms with E-state index >= 15 is 0 Å². The van der Waals surface area contributed by atoms with E-state index in [0.29, 0.717) is 0 Å². The molecule has 0 spiro atoms. The minimum atomic E-state index is -3.38. The summed E-state index contributed by atoms with van der Waals surface area (Å²) in [6.07, 6.45) is 0. The van der Waals surface area contributed by atoms with Gasteiger partial charge in [-0.25, -0.2) is 0 Å². The fraction of sp³-hybridized carbons (Fsp3) is 0.189. The molecule has 0 bridgehead atoms. The third-order valence-corrected chi connectivity index (χ3v) is 29.8. The Balaban J connectivity index is 1.69. The topological polar surface area (TPSA) is 55.4 Å². The van der Waals surface area contributed by atoms with Gasteiger partial charge in [0.15, 0.2) is 0 Å². The van der Waals surface area contributed by atoms with Crippen LogP contribution in [0.15, 0.2) is 152 Å². The summed E-state index contributed by atoms with van der Waals surface area (Å²) in [5.74, 6) is 0. The lowest BCUT2D eigenvalue weighted by molar-refractivity contribution is 0.153. The second-order valence-corrected chi connectivity index (χ2v) is 28.8. The van der Waals surface area contributed by atoms with E-state index in [1.54, 1.807) is 14.2 Å². The van der Waals surface area contributed by atoms with Crippen LogP contribution in [0.5, 0.6) is 0 Å². The summed E-state index contributed by atoms with van der Waals surface area (Å²) in [6, 6.07) is 52.0. The lowest BCUT2D eigenvalue weighted by Gasteiger charge is -2.46. The largest absolute Gasteiger partial charge is 0.488 e. The first-order valence-corrected chi connectivity index (χ1v) is 27.7. The smallest absolute Gasteiger partial charge is 0.425 e. The lowest BCUT2D eigenvalue weighted by Crippen LogP contribution is -2.73. The molecule has 6 nitrogen and oxygen atoms in total. The number of hydrogen-bond donors (Lipinski definition) is 0. The molecule has 0 saturated heterocycles. The first kappa shape index (κ1) is 36.2. The van der Waals surface area contributed by atoms with E-state index in [9.17, 15) is 0 Å². The van der Waals surface area contributed by atoms with Gasteiger partial charge < -0.3 is 25.3 Å². The van der Waals surface area contributed by atoms with Crippen LogP contribution in [0.2, 0.25) is 32.7 Å². The van der Waals surface area contributed by atoms with E-state index in [1.165, 1.54) is 10.4 Å². The van der Waals surface area contributed by atoms with E-state index in [4.69, 9.17) is 25.3 Å². The summed E-state index contributed by atoms with van der Waals surface area (Å²) in [6.45, 7) is 10.5. The van der Waals surface area contributed by atoms with Gasteiger partial charge in [0.25, 0.3) is 0 Å². The number of rotatable bonds is 15. The number of hydrogen-bond acceptors (Lipinski definition) is 6. The van der Waals surface area contributed by atoms with Crippen molar-refractivity contribution in [1.29, 1.82) is 0 Å². The SMILES string of the molecule is CO[Si](C)(OC)O[Si](C)(O[Si](C)(O[Si](C)(O[Si](C)(c1ccccc1)c1ccccc1)c1ccccc1)c1ccccc1)c1ccccc1. The van der Waals surface area contributed by atoms with Crippen LogP contribution >= 0.6 is 0 Å². The zero-order chi connectivity index (χ0) is 34.3. The second kappa shape index (κ2) is 15.2. The molecule has 5 aromatic carbocycles. The predicted molar refractivity (Wildman–Crippen MR) is 207 cm³/mol. The molecule has 11 heteroatoms. The van der Waals surface area contributed by atoms with Gasteiger partial charge in [0, 0.05) is 20.8 Å². The molecule has 0 aliphatic carbocycles. The molecule has 0 aromatic heterocycles. The highest BCUT2D eigenvalue weighted by atomic mass is 28.5. The summed E-state index contributed by atoms with van der Waals surface area (Å²) in [4.78, 5) is 0. The van der Waals surface area contributed by atoms with Crippen LogP contribution in [0, 0.1) is 0 Å². The van der Waals surface area contributed by atoms with Crippen molar-refractivity contribution in [2.24, 2.45) is 0 Å². The molecule has 5 aromatic rings. The van der Waals surface area contributed by atoms with E-state index < -0.39 is 42.8 Å². The summed E-state index contributed by atoms with van der Waals surface area (Å²) < 4.78 is 41.6. The highest BCUT2D eigenvalue weighted by Gasteiger charge is 2.56. The predicted octanol–water partition coefficient (Wildman–Crippen LogP) is 5.24. The second-order valence-electron chi connectivity index (χ2n) is 12.4. The van der Waals surface area contributed by atoms with Crippen molar-refractivity contribution in [3.63, 3.8) is 0 Å². The van der Waals surface area contributed by atoms with E-state index in [1.807, 2.05) is 61.1 Å². The van der Waals surface area contributed by atoms with Crippen LogP contribution in [-0.2, 0) is 25.3 Å². The van der Waals surface area contributed by atoms with Crippen LogP contribution in [-0.4, -0.2) is 57.0 Å². The summed E-state index contributed by atoms with van der Waals surface area (Å²) in [5, 5.41) is 5.33. The van der Waals surface area contributed by atoms with Crippen LogP contribution in [0.3, 0.4) is 0 Å². The third-order valence-electron chi connectivity index (χ3n) is 8.84. The maximum absolute atomic E-state index is 7.71. The molecule has 0 aliphatic rings. The lowest BCUT2D eigenvalue weighted by atomic mass is 10.4. The van der Waals surface area contributed by atoms with Crippen molar-refractivity contribution in [3.8, 4) is 0 Å². The Bertz CT molecular complexity index is 1680. The molecule has 0 heterocycles. The van der Waals surface area contributed by atoms with Crippen molar-refractivity contribution in [3.05, 3.63) is 152 Å². The van der Waals surface area contributed by atoms with Gasteiger partial charge in [-0.1, -0.05) is 152 Å². The van der Waals surface area contributed by atoms with Gasteiger partial charge in [-0.3, -0.25) is 0 Å². The van der Waals surface area contributed by atoms with Gasteiger partial charge in [-0.2, -0.15) is 0 Å². The van der Waals surface area contributed by atoms with Gasteiger partial charge in [0.2, 0.25) is 8.32 Å². The molecule has 0 aliphatic heterocycles. The Morgan fingerprint density at radius 2 is 0.562 bits per heavy atom. The average Bonchev–Trinajstić information content (AvgIpc) is 3.13. The Kier molecular flexibility index (Phi) is 11.5. The molecule has 3 atom stereocenters. The first-order valence-electron chi connectivity index (χ1n) is 16.2. The van der Waals surface area contributed by atoms with Crippen molar-refractivity contribution in [1.82, 2.24) is 0 Å². The van der Waals surface area contributed by atoms with Crippen LogP contribution < -0.4 is 25.9 Å². The molecular formula is C37H46O6Si5. The van der Waals surface area contributed by atoms with Crippen molar-refractivity contribution in [2.45, 2.75) is 32.7 Å². The Morgan fingerprint density at radius 3 is 0.854 bits per heavy atom. The fourth-order valence-corrected chi connectivity index (χ4v) is 28.6. The minimum absolute atomic E-state index is 0.966. The minimum Gasteiger partial charge on any atom is -0.425 e. The normalized spacial score (nSPS) is 16.0. The highest BCUT2D eigenvalue weighted by Crippen LogP contribution is 2.27. The fourth-order valence-electron chi connectivity index (χ4n) is 6.09. The zero-order valence-electron chi connectivity index (χ0n) is 28.9. The van der Waals surface area contributed by atoms with Gasteiger partial charge in [0.05, 0.1) is 0 Å². The van der Waals surface area contributed by atoms with Gasteiger partial charge in [0.1, 0.15) is 0 Å². The van der Waals surface area contributed by atoms with Gasteiger partial charge in [-0.05, 0) is 52.1 Å². The summed E-state index contributed by atoms with van der Waals surface area (Å²) in [7, 11) is -12.6. The Labute approximate surface area is 291 Å². The van der Waals surface area contributed by atoms with E-state index in [-0.39, 0.29) is 0 Å². The maximum atomic E-state index is 7.71. The van der Waals surface area contributed by atoms with E-state index in [0.717, 1.165) is 15.6 Å². The van der Waals surface area contributed by atoms with Crippen molar-refractivity contribution in [2.75, 3.05) is 14.2 Å². The van der Waals surface area contributed by atoms with Crippen LogP contribution in [0.25, 0.3) is 0 Å². The maximum Gasteiger partial charge on any atom is 0.488 e. The van der Waals surface area contributed by atoms with Gasteiger partial charge >= 0.3 is 34.5 Å². The molecule has 0 fully saturated rings. The molecule has 3 unspecified atom stereocenters. The monoisotopic (exact) mass is 726 g/mol. The molecular weight excluding hydrogens is 681 g/mol. The molecule has 0 radical (unpaired) electrons. The summed E-state index contributed by atoms with van der Waals surface area (Å²) >= 11 is 0. The standard InChI is InChI=1S/C37H46O6Si5/c1-38-48(7,39-2)43-47(6,37-31-21-12-22-32-37)42-46(5,36-29-19-11-20-30-36)41-45(4,35-27-17-10-18-28-35)40-44(3,33-23-13-8-14-24-33)34-25-15-9-16-26-34/h8-32H,1-7H3. The Morgan fingerprint density at radius 1 is 0.312 bits per heavy atom. The molecule has 0 saturated carbocycles. The number of benzene rings is 5. The molecule has 250 valence electrons.